The first-order valence-corrected chi connectivity index (χ1v) is 31.6. The van der Waals surface area contributed by atoms with E-state index in [0.29, 0.717) is 106 Å². The first-order chi connectivity index (χ1) is 47.1. The molecule has 5 aromatic rings. The molecule has 0 unspecified atom stereocenters. The third-order valence-electron chi connectivity index (χ3n) is 15.1. The van der Waals surface area contributed by atoms with Gasteiger partial charge < -0.3 is 99.0 Å². The van der Waals surface area contributed by atoms with Crippen LogP contribution in [0.15, 0.2) is 84.9 Å². The van der Waals surface area contributed by atoms with Gasteiger partial charge >= 0.3 is 11.9 Å². The molecule has 0 fully saturated rings. The Morgan fingerprint density at radius 1 is 0.423 bits per heavy atom. The van der Waals surface area contributed by atoms with Crippen LogP contribution in [0.4, 0.5) is 5.69 Å². The molecule has 97 heavy (non-hydrogen) atoms. The summed E-state index contributed by atoms with van der Waals surface area (Å²) in [5.41, 5.74) is 6.11. The SMILES string of the molecule is COCCOCCOc1c2cccc1Cc1cccc(c1OCCOCCOC)Cc1cc(C(=O)Nc3cc4cc(c3)C(=O)NCC(=O)N[C@@H](CC(=O)O)C(=O)NCC(=O)N[C@@H](CC(=O)O)C(=O)NC4)cc(c1OCCOCCOC)Cc1cccc(c1OCCOCCOC)C2. The van der Waals surface area contributed by atoms with E-state index in [-0.39, 0.29) is 88.0 Å². The second kappa shape index (κ2) is 40.3. The van der Waals surface area contributed by atoms with Crippen molar-refractivity contribution in [3.05, 3.63) is 146 Å². The monoisotopic (exact) mass is 1350 g/mol. The summed E-state index contributed by atoms with van der Waals surface area (Å²) < 4.78 is 71.5. The van der Waals surface area contributed by atoms with E-state index in [4.69, 9.17) is 56.8 Å². The van der Waals surface area contributed by atoms with Gasteiger partial charge in [0, 0.05) is 77.5 Å². The summed E-state index contributed by atoms with van der Waals surface area (Å²) in [4.78, 5) is 106. The molecule has 5 aromatic carbocycles. The number of fused-ring (bicyclic) bond motifs is 10. The zero-order valence-corrected chi connectivity index (χ0v) is 55.0. The molecule has 2 aliphatic rings. The molecule has 1 heterocycles. The maximum atomic E-state index is 15.4. The Bertz CT molecular complexity index is 3360. The number of anilines is 1. The van der Waals surface area contributed by atoms with Crippen molar-refractivity contribution in [2.24, 2.45) is 0 Å². The van der Waals surface area contributed by atoms with E-state index in [1.165, 1.54) is 18.2 Å². The molecule has 1 aliphatic carbocycles. The summed E-state index contributed by atoms with van der Waals surface area (Å²) in [5, 5.41) is 33.9. The van der Waals surface area contributed by atoms with Gasteiger partial charge in [0.15, 0.2) is 0 Å². The summed E-state index contributed by atoms with van der Waals surface area (Å²) in [7, 11) is 6.36. The van der Waals surface area contributed by atoms with Crippen molar-refractivity contribution >= 4 is 53.1 Å². The summed E-state index contributed by atoms with van der Waals surface area (Å²) in [6.45, 7) is 2.48. The number of carboxylic acids is 2. The van der Waals surface area contributed by atoms with Crippen molar-refractivity contribution in [3.8, 4) is 23.0 Å². The zero-order valence-electron chi connectivity index (χ0n) is 55.0. The number of hydrogen-bond donors (Lipinski definition) is 8. The number of methoxy groups -OCH3 is 4. The van der Waals surface area contributed by atoms with Crippen LogP contribution >= 0.6 is 0 Å². The third-order valence-corrected chi connectivity index (χ3v) is 15.1. The van der Waals surface area contributed by atoms with Crippen LogP contribution in [0.1, 0.15) is 83.6 Å². The molecule has 0 aromatic heterocycles. The second-order valence-electron chi connectivity index (χ2n) is 22.3. The number of aliphatic carboxylic acids is 2. The molecule has 10 bridgehead atoms. The highest BCUT2D eigenvalue weighted by Crippen LogP contribution is 2.40. The molecule has 0 saturated carbocycles. The highest BCUT2D eigenvalue weighted by Gasteiger charge is 2.29. The van der Waals surface area contributed by atoms with Gasteiger partial charge in [-0.1, -0.05) is 54.6 Å². The van der Waals surface area contributed by atoms with Crippen molar-refractivity contribution in [1.29, 1.82) is 0 Å². The Balaban J connectivity index is 1.38. The van der Waals surface area contributed by atoms with E-state index in [9.17, 15) is 43.8 Å². The molecular formula is C69H86N6O22. The molecule has 0 spiro atoms. The highest BCUT2D eigenvalue weighted by molar-refractivity contribution is 6.06. The predicted octanol–water partition coefficient (Wildman–Crippen LogP) is 3.18. The first-order valence-electron chi connectivity index (χ1n) is 31.6. The molecule has 524 valence electrons. The number of ether oxygens (including phenoxy) is 12. The number of rotatable bonds is 34. The van der Waals surface area contributed by atoms with Crippen LogP contribution < -0.4 is 50.8 Å². The molecule has 6 amide bonds. The number of para-hydroxylation sites is 3. The fourth-order valence-electron chi connectivity index (χ4n) is 10.6. The van der Waals surface area contributed by atoms with Crippen LogP contribution in [0.25, 0.3) is 0 Å². The smallest absolute Gasteiger partial charge is 0.305 e. The molecule has 2 atom stereocenters. The summed E-state index contributed by atoms with van der Waals surface area (Å²) in [5.74, 6) is -6.32. The Hall–Kier alpha value is -9.26. The van der Waals surface area contributed by atoms with Gasteiger partial charge in [-0.3, -0.25) is 38.4 Å². The van der Waals surface area contributed by atoms with E-state index in [2.05, 4.69) is 31.9 Å². The predicted molar refractivity (Wildman–Crippen MR) is 350 cm³/mol. The van der Waals surface area contributed by atoms with Crippen LogP contribution in [0, 0.1) is 0 Å². The van der Waals surface area contributed by atoms with Gasteiger partial charge in [0.1, 0.15) is 61.5 Å². The van der Waals surface area contributed by atoms with Gasteiger partial charge in [-0.25, -0.2) is 0 Å². The molecule has 7 rings (SSSR count). The largest absolute Gasteiger partial charge is 0.491 e. The van der Waals surface area contributed by atoms with Crippen LogP contribution in [0.3, 0.4) is 0 Å². The van der Waals surface area contributed by atoms with Crippen LogP contribution in [-0.4, -0.2) is 217 Å². The quantitative estimate of drug-likeness (QED) is 0.0269. The fourth-order valence-corrected chi connectivity index (χ4v) is 10.6. The zero-order chi connectivity index (χ0) is 69.3. The maximum absolute atomic E-state index is 15.4. The first kappa shape index (κ1) is 75.1. The average Bonchev–Trinajstić information content (AvgIpc) is 0.797. The highest BCUT2D eigenvalue weighted by atomic mass is 16.6. The Labute approximate surface area is 561 Å². The number of carbonyl (C=O) groups excluding carboxylic acids is 6. The number of amides is 6. The number of carboxylic acid groups (broad SMARTS) is 2. The topological polar surface area (TPSA) is 360 Å². The van der Waals surface area contributed by atoms with Crippen molar-refractivity contribution in [3.63, 3.8) is 0 Å². The molecular weight excluding hydrogens is 1260 g/mol. The van der Waals surface area contributed by atoms with Gasteiger partial charge in [0.25, 0.3) is 11.8 Å². The molecule has 1 aliphatic heterocycles. The van der Waals surface area contributed by atoms with Crippen LogP contribution in [0.2, 0.25) is 0 Å². The van der Waals surface area contributed by atoms with Crippen molar-refractivity contribution in [2.45, 2.75) is 57.2 Å². The minimum atomic E-state index is -1.72. The fraction of sp³-hybridized carbons (Fsp3) is 0.449. The lowest BCUT2D eigenvalue weighted by atomic mass is 9.90. The van der Waals surface area contributed by atoms with E-state index in [0.717, 1.165) is 33.4 Å². The molecule has 28 heteroatoms. The minimum absolute atomic E-state index is 0.0258. The average molecular weight is 1350 g/mol. The van der Waals surface area contributed by atoms with E-state index >= 15 is 4.79 Å². The van der Waals surface area contributed by atoms with Crippen molar-refractivity contribution in [2.75, 3.05) is 153 Å². The lowest BCUT2D eigenvalue weighted by Crippen LogP contribution is -2.53. The van der Waals surface area contributed by atoms with E-state index < -0.39 is 85.4 Å². The lowest BCUT2D eigenvalue weighted by Gasteiger charge is -2.23. The maximum Gasteiger partial charge on any atom is 0.305 e. The van der Waals surface area contributed by atoms with Crippen molar-refractivity contribution < 1.29 is 105 Å². The van der Waals surface area contributed by atoms with Crippen LogP contribution in [0.5, 0.6) is 23.0 Å². The molecule has 0 radical (unpaired) electrons. The molecule has 8 N–H and O–H groups in total. The van der Waals surface area contributed by atoms with Gasteiger partial charge in [-0.05, 0) is 80.4 Å². The van der Waals surface area contributed by atoms with Gasteiger partial charge in [0.2, 0.25) is 23.6 Å². The Morgan fingerprint density at radius 3 is 1.13 bits per heavy atom. The molecule has 28 nitrogen and oxygen atoms in total. The van der Waals surface area contributed by atoms with E-state index in [1.807, 2.05) is 54.6 Å². The van der Waals surface area contributed by atoms with E-state index in [1.54, 1.807) is 40.6 Å². The summed E-state index contributed by atoms with van der Waals surface area (Å²) in [6.07, 6.45) is -0.862. The summed E-state index contributed by atoms with van der Waals surface area (Å²) in [6, 6.07) is 21.9. The molecule has 0 saturated heterocycles. The number of hydrogen-bond acceptors (Lipinski definition) is 20. The number of carbonyl (C=O) groups is 8. The van der Waals surface area contributed by atoms with Crippen LogP contribution in [-0.2, 0) is 98.9 Å². The van der Waals surface area contributed by atoms with Crippen molar-refractivity contribution in [1.82, 2.24) is 26.6 Å². The lowest BCUT2D eigenvalue weighted by molar-refractivity contribution is -0.140. The van der Waals surface area contributed by atoms with Gasteiger partial charge in [0.05, 0.1) is 105 Å². The Morgan fingerprint density at radius 2 is 0.763 bits per heavy atom. The third kappa shape index (κ3) is 24.4. The van der Waals surface area contributed by atoms with Gasteiger partial charge in [-0.15, -0.1) is 0 Å². The summed E-state index contributed by atoms with van der Waals surface area (Å²) >= 11 is 0. The normalized spacial score (nSPS) is 15.3. The second-order valence-corrected chi connectivity index (χ2v) is 22.3. The minimum Gasteiger partial charge on any atom is -0.491 e. The standard InChI is InChI=1S/C69H86N6O22/c1-86-14-18-90-22-26-94-62-45-8-5-9-46(62)33-48-11-7-13-50(64(48)96-28-24-92-20-16-88-3)35-52-37-54(36-51(65(52)97-29-25-93-21-17-89-4)34-49-12-6-10-47(32-45)63(49)95-27-23-91-19-15-87-2)67(83)73-55-31-44-30-53(38-55)66(82)71-42-58(76)75-57(40-61(80)81)69(85)72-43-59(77)74-56(39-60(78)79)68(84)70-41-44/h5-13,30-31,36-38,56-57H,14-29,32-35,39-43H2,1-4H3,(H,70,84)(H,71,82)(H,72,85)(H,73,83)(H,74,77)(H,75,76)(H,78,79)(H,80,81)/t56-,57-/m0/s1. The Kier molecular flexibility index (Phi) is 31.2. The van der Waals surface area contributed by atoms with Gasteiger partial charge in [-0.2, -0.15) is 0 Å². The number of benzene rings is 5. The number of nitrogens with one attached hydrogen (secondary N) is 6.